The van der Waals surface area contributed by atoms with Gasteiger partial charge in [0.25, 0.3) is 0 Å². The minimum atomic E-state index is -5.08. The van der Waals surface area contributed by atoms with Crippen LogP contribution in [0.3, 0.4) is 0 Å². The highest BCUT2D eigenvalue weighted by Gasteiger charge is 2.47. The van der Waals surface area contributed by atoms with Gasteiger partial charge >= 0.3 is 12.1 Å². The van der Waals surface area contributed by atoms with Gasteiger partial charge in [-0.3, -0.25) is 9.59 Å². The van der Waals surface area contributed by atoms with Gasteiger partial charge in [-0.2, -0.15) is 24.5 Å². The normalized spacial score (nSPS) is 21.2. The van der Waals surface area contributed by atoms with E-state index in [-0.39, 0.29) is 23.9 Å². The minimum Gasteiger partial charge on any atom is -0.475 e. The van der Waals surface area contributed by atoms with Gasteiger partial charge < -0.3 is 19.8 Å². The third-order valence-electron chi connectivity index (χ3n) is 4.90. The number of halogens is 3. The second-order valence-electron chi connectivity index (χ2n) is 7.22. The Kier molecular flexibility index (Phi) is 7.64. The van der Waals surface area contributed by atoms with Crippen LogP contribution in [0, 0.1) is 0 Å². The number of likely N-dealkylation sites (N-methyl/N-ethyl adjacent to an activating group) is 1. The Balaban J connectivity index is 0.000000370. The van der Waals surface area contributed by atoms with Crippen LogP contribution in [0.2, 0.25) is 0 Å². The number of nitrogens with zero attached hydrogens (tertiary/aromatic N) is 3. The number of alkyl halides is 3. The molecule has 1 N–H and O–H groups in total. The van der Waals surface area contributed by atoms with Crippen molar-refractivity contribution in [3.8, 4) is 0 Å². The number of carbonyl (C=O) groups is 3. The lowest BCUT2D eigenvalue weighted by Crippen LogP contribution is -2.42. The van der Waals surface area contributed by atoms with E-state index in [4.69, 9.17) is 9.90 Å². The van der Waals surface area contributed by atoms with E-state index in [0.717, 1.165) is 31.6 Å². The molecular formula is C18H24F3N3O4S. The van der Waals surface area contributed by atoms with E-state index in [2.05, 4.69) is 4.90 Å². The average molecular weight is 435 g/mol. The van der Waals surface area contributed by atoms with E-state index in [9.17, 15) is 22.8 Å². The molecular weight excluding hydrogens is 411 g/mol. The number of hydrogen-bond donors (Lipinski definition) is 1. The molecule has 11 heteroatoms. The quantitative estimate of drug-likeness (QED) is 0.761. The molecule has 2 amide bonds. The van der Waals surface area contributed by atoms with Gasteiger partial charge in [-0.15, -0.1) is 0 Å². The molecule has 162 valence electrons. The fourth-order valence-electron chi connectivity index (χ4n) is 3.51. The molecule has 1 aromatic heterocycles. The van der Waals surface area contributed by atoms with E-state index in [1.165, 1.54) is 0 Å². The number of carbonyl (C=O) groups excluding carboxylic acids is 2. The predicted octanol–water partition coefficient (Wildman–Crippen LogP) is 1.69. The molecule has 29 heavy (non-hydrogen) atoms. The Morgan fingerprint density at radius 1 is 1.31 bits per heavy atom. The van der Waals surface area contributed by atoms with Crippen molar-refractivity contribution in [2.75, 3.05) is 33.7 Å². The Bertz CT molecular complexity index is 724. The predicted molar refractivity (Wildman–Crippen MR) is 101 cm³/mol. The standard InChI is InChI=1S/C16H23N3O2S.C2HF3O2/c1-17(2)6-7-19-13-3-5-18(14(13)10-16(19)21)15(20)9-12-4-8-22-11-12;3-2(4,5)1(6)7/h4,8,11,13-14H,3,5-7,9-10H2,1-2H3;(H,6,7)/t13-,14+;/m0./s1. The lowest BCUT2D eigenvalue weighted by atomic mass is 10.1. The van der Waals surface area contributed by atoms with Crippen LogP contribution in [0.15, 0.2) is 16.8 Å². The molecule has 2 atom stereocenters. The SMILES string of the molecule is CN(C)CCN1C(=O)C[C@@H]2[C@@H]1CCN2C(=O)Cc1ccsc1.O=C(O)C(F)(F)F. The molecule has 1 aromatic rings. The highest BCUT2D eigenvalue weighted by Crippen LogP contribution is 2.32. The monoisotopic (exact) mass is 435 g/mol. The largest absolute Gasteiger partial charge is 0.490 e. The number of aliphatic carboxylic acids is 1. The molecule has 0 saturated carbocycles. The van der Waals surface area contributed by atoms with E-state index < -0.39 is 12.1 Å². The van der Waals surface area contributed by atoms with Gasteiger partial charge in [-0.25, -0.2) is 4.79 Å². The molecule has 2 aliphatic rings. The molecule has 0 unspecified atom stereocenters. The van der Waals surface area contributed by atoms with Crippen LogP contribution in [0.25, 0.3) is 0 Å². The second kappa shape index (κ2) is 9.57. The molecule has 3 heterocycles. The zero-order chi connectivity index (χ0) is 21.8. The molecule has 0 radical (unpaired) electrons. The van der Waals surface area contributed by atoms with Crippen molar-refractivity contribution >= 4 is 29.1 Å². The smallest absolute Gasteiger partial charge is 0.475 e. The Hall–Kier alpha value is -2.14. The molecule has 0 aromatic carbocycles. The second-order valence-corrected chi connectivity index (χ2v) is 8.00. The summed E-state index contributed by atoms with van der Waals surface area (Å²) in [6.07, 6.45) is -3.22. The van der Waals surface area contributed by atoms with Crippen molar-refractivity contribution in [3.05, 3.63) is 22.4 Å². The first-order valence-electron chi connectivity index (χ1n) is 9.05. The summed E-state index contributed by atoms with van der Waals surface area (Å²) in [5.41, 5.74) is 1.08. The number of fused-ring (bicyclic) bond motifs is 1. The van der Waals surface area contributed by atoms with Crippen molar-refractivity contribution in [1.82, 2.24) is 14.7 Å². The number of amides is 2. The molecule has 0 spiro atoms. The summed E-state index contributed by atoms with van der Waals surface area (Å²) in [4.78, 5) is 39.7. The summed E-state index contributed by atoms with van der Waals surface area (Å²) >= 11 is 1.62. The molecule has 2 fully saturated rings. The third kappa shape index (κ3) is 6.17. The Morgan fingerprint density at radius 3 is 2.48 bits per heavy atom. The number of hydrogen-bond acceptors (Lipinski definition) is 5. The van der Waals surface area contributed by atoms with Gasteiger partial charge in [0, 0.05) is 26.1 Å². The minimum absolute atomic E-state index is 0.0841. The van der Waals surface area contributed by atoms with Crippen LogP contribution < -0.4 is 0 Å². The topological polar surface area (TPSA) is 81.2 Å². The summed E-state index contributed by atoms with van der Waals surface area (Å²) in [6.45, 7) is 2.42. The first-order chi connectivity index (χ1) is 13.5. The summed E-state index contributed by atoms with van der Waals surface area (Å²) in [5.74, 6) is -2.40. The van der Waals surface area contributed by atoms with Crippen LogP contribution in [-0.4, -0.2) is 89.6 Å². The van der Waals surface area contributed by atoms with Crippen molar-refractivity contribution in [3.63, 3.8) is 0 Å². The molecule has 2 aliphatic heterocycles. The molecule has 7 nitrogen and oxygen atoms in total. The number of carboxylic acid groups (broad SMARTS) is 1. The first kappa shape index (κ1) is 23.1. The van der Waals surface area contributed by atoms with Gasteiger partial charge in [0.05, 0.1) is 18.5 Å². The molecule has 0 bridgehead atoms. The van der Waals surface area contributed by atoms with Gasteiger partial charge in [0.15, 0.2) is 0 Å². The van der Waals surface area contributed by atoms with Crippen molar-refractivity contribution in [2.24, 2.45) is 0 Å². The van der Waals surface area contributed by atoms with Gasteiger partial charge in [0.2, 0.25) is 11.8 Å². The lowest BCUT2D eigenvalue weighted by Gasteiger charge is -2.26. The van der Waals surface area contributed by atoms with E-state index in [1.807, 2.05) is 40.7 Å². The zero-order valence-electron chi connectivity index (χ0n) is 16.2. The number of likely N-dealkylation sites (tertiary alicyclic amines) is 2. The van der Waals surface area contributed by atoms with Gasteiger partial charge in [-0.1, -0.05) is 0 Å². The molecule has 3 rings (SSSR count). The fraction of sp³-hybridized carbons (Fsp3) is 0.611. The fourth-order valence-corrected chi connectivity index (χ4v) is 4.17. The summed E-state index contributed by atoms with van der Waals surface area (Å²) < 4.78 is 31.7. The van der Waals surface area contributed by atoms with Crippen LogP contribution in [0.4, 0.5) is 13.2 Å². The summed E-state index contributed by atoms with van der Waals surface area (Å²) in [5, 5.41) is 11.1. The van der Waals surface area contributed by atoms with Crippen LogP contribution in [0.5, 0.6) is 0 Å². The number of thiophene rings is 1. The summed E-state index contributed by atoms with van der Waals surface area (Å²) in [6, 6.07) is 2.30. The zero-order valence-corrected chi connectivity index (χ0v) is 17.0. The summed E-state index contributed by atoms with van der Waals surface area (Å²) in [7, 11) is 4.03. The maximum Gasteiger partial charge on any atom is 0.490 e. The Labute approximate surface area is 170 Å². The molecule has 2 saturated heterocycles. The van der Waals surface area contributed by atoms with E-state index in [0.29, 0.717) is 12.8 Å². The van der Waals surface area contributed by atoms with Crippen LogP contribution in [0.1, 0.15) is 18.4 Å². The van der Waals surface area contributed by atoms with E-state index >= 15 is 0 Å². The van der Waals surface area contributed by atoms with Crippen molar-refractivity contribution in [2.45, 2.75) is 37.5 Å². The van der Waals surface area contributed by atoms with E-state index in [1.54, 1.807) is 11.3 Å². The van der Waals surface area contributed by atoms with Gasteiger partial charge in [0.1, 0.15) is 0 Å². The van der Waals surface area contributed by atoms with Crippen molar-refractivity contribution < 1.29 is 32.7 Å². The third-order valence-corrected chi connectivity index (χ3v) is 5.63. The maximum absolute atomic E-state index is 12.5. The highest BCUT2D eigenvalue weighted by molar-refractivity contribution is 7.08. The van der Waals surface area contributed by atoms with Crippen molar-refractivity contribution in [1.29, 1.82) is 0 Å². The average Bonchev–Trinajstić information content (AvgIpc) is 3.30. The lowest BCUT2D eigenvalue weighted by molar-refractivity contribution is -0.192. The van der Waals surface area contributed by atoms with Gasteiger partial charge in [-0.05, 0) is 42.9 Å². The van der Waals surface area contributed by atoms with Crippen LogP contribution in [-0.2, 0) is 20.8 Å². The maximum atomic E-state index is 12.5. The molecule has 0 aliphatic carbocycles. The Morgan fingerprint density at radius 2 is 1.97 bits per heavy atom. The highest BCUT2D eigenvalue weighted by atomic mass is 32.1. The van der Waals surface area contributed by atoms with Crippen LogP contribution >= 0.6 is 11.3 Å². The first-order valence-corrected chi connectivity index (χ1v) is 10.00. The number of rotatable bonds is 5. The number of carboxylic acids is 1.